The summed E-state index contributed by atoms with van der Waals surface area (Å²) in [7, 11) is 0. The zero-order chi connectivity index (χ0) is 13.7. The Morgan fingerprint density at radius 2 is 2.32 bits per heavy atom. The van der Waals surface area contributed by atoms with Gasteiger partial charge >= 0.3 is 0 Å². The van der Waals surface area contributed by atoms with Gasteiger partial charge in [0.1, 0.15) is 6.33 Å². The maximum absolute atomic E-state index is 3.90. The molecule has 5 nitrogen and oxygen atoms in total. The first-order valence-corrected chi connectivity index (χ1v) is 6.42. The molecule has 1 aromatic carbocycles. The molecular formula is C14H19N5. The van der Waals surface area contributed by atoms with E-state index in [-0.39, 0.29) is 0 Å². The van der Waals surface area contributed by atoms with Crippen LogP contribution in [0.15, 0.2) is 37.2 Å². The molecule has 0 radical (unpaired) electrons. The molecule has 0 spiro atoms. The van der Waals surface area contributed by atoms with E-state index in [9.17, 15) is 0 Å². The van der Waals surface area contributed by atoms with E-state index in [1.807, 2.05) is 12.1 Å². The van der Waals surface area contributed by atoms with Gasteiger partial charge < -0.3 is 5.32 Å². The van der Waals surface area contributed by atoms with Crippen molar-refractivity contribution in [2.45, 2.75) is 32.7 Å². The van der Waals surface area contributed by atoms with Gasteiger partial charge in [0.05, 0.1) is 5.69 Å². The zero-order valence-electron chi connectivity index (χ0n) is 11.4. The Kier molecular flexibility index (Phi) is 4.28. The van der Waals surface area contributed by atoms with E-state index in [1.54, 1.807) is 11.0 Å². The number of benzene rings is 1. The maximum Gasteiger partial charge on any atom is 0.143 e. The number of hydrogen-bond donors (Lipinski definition) is 1. The van der Waals surface area contributed by atoms with Crippen LogP contribution in [-0.2, 0) is 0 Å². The minimum Gasteiger partial charge on any atom is -0.383 e. The molecule has 0 aliphatic rings. The summed E-state index contributed by atoms with van der Waals surface area (Å²) in [6, 6.07) is 6.61. The van der Waals surface area contributed by atoms with Crippen molar-refractivity contribution < 1.29 is 0 Å². The van der Waals surface area contributed by atoms with E-state index in [2.05, 4.69) is 53.4 Å². The average molecular weight is 257 g/mol. The van der Waals surface area contributed by atoms with Gasteiger partial charge in [-0.3, -0.25) is 0 Å². The van der Waals surface area contributed by atoms with Crippen molar-refractivity contribution in [3.63, 3.8) is 0 Å². The lowest BCUT2D eigenvalue weighted by molar-refractivity contribution is 0.718. The van der Waals surface area contributed by atoms with Crippen LogP contribution < -0.4 is 5.32 Å². The second-order valence-corrected chi connectivity index (χ2v) is 4.67. The van der Waals surface area contributed by atoms with Crippen molar-refractivity contribution in [3.8, 4) is 5.69 Å². The summed E-state index contributed by atoms with van der Waals surface area (Å²) in [5, 5.41) is 14.7. The first-order valence-electron chi connectivity index (χ1n) is 6.42. The third-order valence-corrected chi connectivity index (χ3v) is 3.01. The summed E-state index contributed by atoms with van der Waals surface area (Å²) < 4.78 is 1.67. The maximum atomic E-state index is 3.90. The summed E-state index contributed by atoms with van der Waals surface area (Å²) in [6.07, 6.45) is 5.65. The second kappa shape index (κ2) is 6.13. The number of rotatable bonds is 6. The first-order chi connectivity index (χ1) is 9.20. The highest BCUT2D eigenvalue weighted by molar-refractivity contribution is 5.53. The zero-order valence-corrected chi connectivity index (χ0v) is 11.4. The van der Waals surface area contributed by atoms with Crippen molar-refractivity contribution in [1.82, 2.24) is 20.2 Å². The topological polar surface area (TPSA) is 55.6 Å². The SMILES string of the molecule is C=CCCC(C)Nc1ccc(-n2cnnn2)c(C)c1. The molecule has 1 unspecified atom stereocenters. The smallest absolute Gasteiger partial charge is 0.143 e. The lowest BCUT2D eigenvalue weighted by atomic mass is 10.1. The molecule has 0 saturated carbocycles. The molecular weight excluding hydrogens is 238 g/mol. The Morgan fingerprint density at radius 3 is 2.95 bits per heavy atom. The van der Waals surface area contributed by atoms with Crippen LogP contribution in [0.5, 0.6) is 0 Å². The van der Waals surface area contributed by atoms with Crippen molar-refractivity contribution in [1.29, 1.82) is 0 Å². The standard InChI is InChI=1S/C14H19N5/c1-4-5-6-12(3)16-13-7-8-14(11(2)9-13)19-10-15-17-18-19/h4,7-10,12,16H,1,5-6H2,2-3H3. The van der Waals surface area contributed by atoms with E-state index < -0.39 is 0 Å². The molecule has 0 aliphatic carbocycles. The van der Waals surface area contributed by atoms with E-state index in [4.69, 9.17) is 0 Å². The molecule has 5 heteroatoms. The molecule has 19 heavy (non-hydrogen) atoms. The van der Waals surface area contributed by atoms with Gasteiger partial charge in [-0.25, -0.2) is 4.68 Å². The number of nitrogens with one attached hydrogen (secondary N) is 1. The Labute approximate surface area is 113 Å². The van der Waals surface area contributed by atoms with Crippen LogP contribution in [0.25, 0.3) is 5.69 Å². The Morgan fingerprint density at radius 1 is 1.47 bits per heavy atom. The fourth-order valence-electron chi connectivity index (χ4n) is 2.00. The predicted octanol–water partition coefficient (Wildman–Crippen LogP) is 2.74. The Bertz CT molecular complexity index is 533. The van der Waals surface area contributed by atoms with Gasteiger partial charge in [0.15, 0.2) is 0 Å². The molecule has 1 aromatic heterocycles. The molecule has 2 rings (SSSR count). The van der Waals surface area contributed by atoms with Gasteiger partial charge in [0.25, 0.3) is 0 Å². The van der Waals surface area contributed by atoms with Crippen molar-refractivity contribution in [2.75, 3.05) is 5.32 Å². The summed E-state index contributed by atoms with van der Waals surface area (Å²) in [5.74, 6) is 0. The number of aromatic nitrogens is 4. The summed E-state index contributed by atoms with van der Waals surface area (Å²) in [5.41, 5.74) is 3.24. The molecule has 1 heterocycles. The summed E-state index contributed by atoms with van der Waals surface area (Å²) >= 11 is 0. The highest BCUT2D eigenvalue weighted by Crippen LogP contribution is 2.19. The Balaban J connectivity index is 2.09. The molecule has 0 aliphatic heterocycles. The summed E-state index contributed by atoms with van der Waals surface area (Å²) in [4.78, 5) is 0. The van der Waals surface area contributed by atoms with Crippen LogP contribution in [0.3, 0.4) is 0 Å². The van der Waals surface area contributed by atoms with Gasteiger partial charge in [-0.15, -0.1) is 11.7 Å². The van der Waals surface area contributed by atoms with Gasteiger partial charge in [0, 0.05) is 11.7 Å². The molecule has 0 amide bonds. The van der Waals surface area contributed by atoms with Crippen molar-refractivity contribution in [3.05, 3.63) is 42.7 Å². The molecule has 0 bridgehead atoms. The fraction of sp³-hybridized carbons (Fsp3) is 0.357. The number of tetrazole rings is 1. The van der Waals surface area contributed by atoms with E-state index >= 15 is 0 Å². The van der Waals surface area contributed by atoms with Gasteiger partial charge in [-0.1, -0.05) is 6.08 Å². The Hall–Kier alpha value is -2.17. The largest absolute Gasteiger partial charge is 0.383 e. The summed E-state index contributed by atoms with van der Waals surface area (Å²) in [6.45, 7) is 7.97. The quantitative estimate of drug-likeness (QED) is 0.808. The van der Waals surface area contributed by atoms with Gasteiger partial charge in [-0.2, -0.15) is 0 Å². The van der Waals surface area contributed by atoms with Crippen LogP contribution in [-0.4, -0.2) is 26.2 Å². The fourth-order valence-corrected chi connectivity index (χ4v) is 2.00. The third kappa shape index (κ3) is 3.40. The molecule has 0 saturated heterocycles. The van der Waals surface area contributed by atoms with Gasteiger partial charge in [0.2, 0.25) is 0 Å². The third-order valence-electron chi connectivity index (χ3n) is 3.01. The average Bonchev–Trinajstić information content (AvgIpc) is 2.90. The predicted molar refractivity (Wildman–Crippen MR) is 76.4 cm³/mol. The van der Waals surface area contributed by atoms with Crippen LogP contribution in [0, 0.1) is 6.92 Å². The van der Waals surface area contributed by atoms with Crippen LogP contribution in [0.4, 0.5) is 5.69 Å². The minimum atomic E-state index is 0.427. The lowest BCUT2D eigenvalue weighted by Crippen LogP contribution is -2.14. The number of hydrogen-bond acceptors (Lipinski definition) is 4. The molecule has 1 N–H and O–H groups in total. The second-order valence-electron chi connectivity index (χ2n) is 4.67. The van der Waals surface area contributed by atoms with Crippen molar-refractivity contribution >= 4 is 5.69 Å². The number of anilines is 1. The first kappa shape index (κ1) is 13.3. The van der Waals surface area contributed by atoms with Crippen LogP contribution >= 0.6 is 0 Å². The highest BCUT2D eigenvalue weighted by atomic mass is 15.5. The van der Waals surface area contributed by atoms with E-state index in [0.29, 0.717) is 6.04 Å². The van der Waals surface area contributed by atoms with E-state index in [1.165, 1.54) is 0 Å². The van der Waals surface area contributed by atoms with Crippen LogP contribution in [0.1, 0.15) is 25.3 Å². The lowest BCUT2D eigenvalue weighted by Gasteiger charge is -2.15. The van der Waals surface area contributed by atoms with Crippen LogP contribution in [0.2, 0.25) is 0 Å². The number of allylic oxidation sites excluding steroid dienone is 1. The molecule has 2 aromatic rings. The number of aryl methyl sites for hydroxylation is 1. The van der Waals surface area contributed by atoms with Gasteiger partial charge in [-0.05, 0) is 60.9 Å². The molecule has 1 atom stereocenters. The normalized spacial score (nSPS) is 12.1. The highest BCUT2D eigenvalue weighted by Gasteiger charge is 2.05. The monoisotopic (exact) mass is 257 g/mol. The van der Waals surface area contributed by atoms with E-state index in [0.717, 1.165) is 29.8 Å². The molecule has 0 fully saturated rings. The van der Waals surface area contributed by atoms with Crippen molar-refractivity contribution in [2.24, 2.45) is 0 Å². The minimum absolute atomic E-state index is 0.427. The number of nitrogens with zero attached hydrogens (tertiary/aromatic N) is 4. The molecule has 100 valence electrons.